The Hall–Kier alpha value is -1.64. The van der Waals surface area contributed by atoms with E-state index in [9.17, 15) is 13.2 Å². The molecule has 0 radical (unpaired) electrons. The van der Waals surface area contributed by atoms with Crippen LogP contribution in [0.3, 0.4) is 0 Å². The van der Waals surface area contributed by atoms with Gasteiger partial charge in [0.15, 0.2) is 0 Å². The highest BCUT2D eigenvalue weighted by Gasteiger charge is 2.36. The number of carbonyl (C=O) groups excluding carboxylic acids is 1. The predicted molar refractivity (Wildman–Crippen MR) is 104 cm³/mol. The first-order valence-electron chi connectivity index (χ1n) is 9.43. The van der Waals surface area contributed by atoms with Crippen LogP contribution >= 0.6 is 0 Å². The second kappa shape index (κ2) is 7.77. The van der Waals surface area contributed by atoms with Crippen molar-refractivity contribution in [1.29, 1.82) is 0 Å². The summed E-state index contributed by atoms with van der Waals surface area (Å²) in [6, 6.07) is 4.52. The van der Waals surface area contributed by atoms with Crippen LogP contribution in [0.25, 0.3) is 0 Å². The summed E-state index contributed by atoms with van der Waals surface area (Å²) in [4.78, 5) is 14.9. The van der Waals surface area contributed by atoms with Gasteiger partial charge < -0.3 is 15.0 Å². The molecule has 7 nitrogen and oxygen atoms in total. The zero-order chi connectivity index (χ0) is 19.7. The van der Waals surface area contributed by atoms with Crippen molar-refractivity contribution in [3.8, 4) is 5.75 Å². The third kappa shape index (κ3) is 4.44. The minimum Gasteiger partial charge on any atom is -0.495 e. The van der Waals surface area contributed by atoms with Gasteiger partial charge in [-0.15, -0.1) is 0 Å². The van der Waals surface area contributed by atoms with Gasteiger partial charge in [-0.25, -0.2) is 13.1 Å². The van der Waals surface area contributed by atoms with Gasteiger partial charge in [0.2, 0.25) is 10.0 Å². The lowest BCUT2D eigenvalue weighted by molar-refractivity contribution is 0.0899. The van der Waals surface area contributed by atoms with Crippen molar-refractivity contribution in [2.24, 2.45) is 0 Å². The highest BCUT2D eigenvalue weighted by molar-refractivity contribution is 7.89. The maximum atomic E-state index is 12.7. The number of likely N-dealkylation sites (N-methyl/N-ethyl adjacent to an activating group) is 1. The number of benzene rings is 1. The minimum absolute atomic E-state index is 0.00717. The lowest BCUT2D eigenvalue weighted by Gasteiger charge is -2.36. The Morgan fingerprint density at radius 3 is 2.48 bits per heavy atom. The summed E-state index contributed by atoms with van der Waals surface area (Å²) in [5.41, 5.74) is 0.295. The summed E-state index contributed by atoms with van der Waals surface area (Å²) >= 11 is 0. The van der Waals surface area contributed by atoms with E-state index in [1.807, 2.05) is 14.1 Å². The first-order valence-corrected chi connectivity index (χ1v) is 10.9. The lowest BCUT2D eigenvalue weighted by Crippen LogP contribution is -2.50. The Morgan fingerprint density at radius 1 is 1.26 bits per heavy atom. The van der Waals surface area contributed by atoms with Gasteiger partial charge in [0.05, 0.1) is 7.11 Å². The minimum atomic E-state index is -3.72. The Labute approximate surface area is 161 Å². The van der Waals surface area contributed by atoms with Gasteiger partial charge in [0, 0.05) is 23.7 Å². The van der Waals surface area contributed by atoms with E-state index in [0.29, 0.717) is 12.1 Å². The molecule has 0 aromatic heterocycles. The number of nitrogens with zero attached hydrogens (tertiary/aromatic N) is 1. The van der Waals surface area contributed by atoms with Gasteiger partial charge in [-0.1, -0.05) is 12.8 Å². The van der Waals surface area contributed by atoms with Crippen molar-refractivity contribution in [1.82, 2.24) is 14.9 Å². The van der Waals surface area contributed by atoms with Crippen molar-refractivity contribution in [3.63, 3.8) is 0 Å². The second-order valence-corrected chi connectivity index (χ2v) is 9.45. The SMILES string of the molecule is COc1ccc(C(=O)NCC2(N(C)C)CCCC2)cc1S(=O)(=O)NC1CC1. The van der Waals surface area contributed by atoms with Gasteiger partial charge in [0.25, 0.3) is 5.91 Å². The fourth-order valence-electron chi connectivity index (χ4n) is 3.67. The second-order valence-electron chi connectivity index (χ2n) is 7.77. The molecule has 2 saturated carbocycles. The molecule has 0 aliphatic heterocycles. The molecule has 1 aromatic rings. The molecule has 0 unspecified atom stereocenters. The highest BCUT2D eigenvalue weighted by atomic mass is 32.2. The number of hydrogen-bond donors (Lipinski definition) is 2. The van der Waals surface area contributed by atoms with Crippen molar-refractivity contribution in [3.05, 3.63) is 23.8 Å². The molecule has 0 atom stereocenters. The van der Waals surface area contributed by atoms with E-state index < -0.39 is 10.0 Å². The standard InChI is InChI=1S/C19H29N3O4S/c1-22(2)19(10-4-5-11-19)13-20-18(23)14-6-9-16(26-3)17(12-14)27(24,25)21-15-7-8-15/h6,9,12,15,21H,4-5,7-8,10-11,13H2,1-3H3,(H,20,23). The van der Waals surface area contributed by atoms with Crippen LogP contribution in [0, 0.1) is 0 Å². The van der Waals surface area contributed by atoms with Crippen molar-refractivity contribution < 1.29 is 17.9 Å². The summed E-state index contributed by atoms with van der Waals surface area (Å²) in [5.74, 6) is -0.0334. The zero-order valence-electron chi connectivity index (χ0n) is 16.2. The van der Waals surface area contributed by atoms with Crippen molar-refractivity contribution >= 4 is 15.9 Å². The molecular formula is C19H29N3O4S. The first kappa shape index (κ1) is 20.1. The largest absolute Gasteiger partial charge is 0.495 e. The topological polar surface area (TPSA) is 87.7 Å². The van der Waals surface area contributed by atoms with Crippen LogP contribution in [0.4, 0.5) is 0 Å². The Kier molecular flexibility index (Phi) is 5.79. The molecule has 2 aliphatic rings. The summed E-state index contributed by atoms with van der Waals surface area (Å²) in [7, 11) is 1.79. The number of methoxy groups -OCH3 is 1. The Morgan fingerprint density at radius 2 is 1.93 bits per heavy atom. The number of sulfonamides is 1. The quantitative estimate of drug-likeness (QED) is 0.700. The molecule has 2 N–H and O–H groups in total. The molecule has 1 aromatic carbocycles. The van der Waals surface area contributed by atoms with E-state index in [1.165, 1.54) is 19.2 Å². The van der Waals surface area contributed by atoms with Crippen LogP contribution in [0.1, 0.15) is 48.9 Å². The van der Waals surface area contributed by atoms with Gasteiger partial charge in [0.1, 0.15) is 10.6 Å². The number of carbonyl (C=O) groups is 1. The zero-order valence-corrected chi connectivity index (χ0v) is 17.1. The molecule has 3 rings (SSSR count). The number of rotatable bonds is 8. The molecule has 150 valence electrons. The van der Waals surface area contributed by atoms with Gasteiger partial charge in [-0.2, -0.15) is 0 Å². The summed E-state index contributed by atoms with van der Waals surface area (Å²) < 4.78 is 33.1. The normalized spacial score (nSPS) is 19.3. The Bertz CT molecular complexity index is 797. The fourth-order valence-corrected chi connectivity index (χ4v) is 5.17. The van der Waals surface area contributed by atoms with Crippen molar-refractivity contribution in [2.75, 3.05) is 27.7 Å². The number of ether oxygens (including phenoxy) is 1. The van der Waals surface area contributed by atoms with E-state index in [4.69, 9.17) is 4.74 Å². The van der Waals surface area contributed by atoms with Crippen LogP contribution < -0.4 is 14.8 Å². The van der Waals surface area contributed by atoms with Gasteiger partial charge in [-0.05, 0) is 58.0 Å². The maximum Gasteiger partial charge on any atom is 0.251 e. The molecular weight excluding hydrogens is 366 g/mol. The van der Waals surface area contributed by atoms with Crippen LogP contribution in [0.5, 0.6) is 5.75 Å². The number of nitrogens with one attached hydrogen (secondary N) is 2. The van der Waals surface area contributed by atoms with Crippen LogP contribution in [0.15, 0.2) is 23.1 Å². The van der Waals surface area contributed by atoms with E-state index in [2.05, 4.69) is 14.9 Å². The average molecular weight is 396 g/mol. The van der Waals surface area contributed by atoms with E-state index >= 15 is 0 Å². The van der Waals surface area contributed by atoms with E-state index in [-0.39, 0.29) is 28.1 Å². The van der Waals surface area contributed by atoms with Crippen LogP contribution in [0.2, 0.25) is 0 Å². The third-order valence-electron chi connectivity index (χ3n) is 5.68. The highest BCUT2D eigenvalue weighted by Crippen LogP contribution is 2.33. The number of hydrogen-bond acceptors (Lipinski definition) is 5. The predicted octanol–water partition coefficient (Wildman–Crippen LogP) is 1.74. The fraction of sp³-hybridized carbons (Fsp3) is 0.632. The summed E-state index contributed by atoms with van der Waals surface area (Å²) in [5, 5.41) is 3.00. The van der Waals surface area contributed by atoms with E-state index in [0.717, 1.165) is 38.5 Å². The molecule has 27 heavy (non-hydrogen) atoms. The molecule has 1 amide bonds. The van der Waals surface area contributed by atoms with Gasteiger partial charge in [-0.3, -0.25) is 4.79 Å². The van der Waals surface area contributed by atoms with E-state index in [1.54, 1.807) is 6.07 Å². The number of amides is 1. The van der Waals surface area contributed by atoms with Gasteiger partial charge >= 0.3 is 0 Å². The molecule has 8 heteroatoms. The van der Waals surface area contributed by atoms with Crippen molar-refractivity contribution in [2.45, 2.75) is 55.0 Å². The average Bonchev–Trinajstić information content (AvgIpc) is 3.30. The lowest BCUT2D eigenvalue weighted by atomic mass is 9.96. The third-order valence-corrected chi connectivity index (χ3v) is 7.22. The smallest absolute Gasteiger partial charge is 0.251 e. The molecule has 2 aliphatic carbocycles. The summed E-state index contributed by atoms with van der Waals surface area (Å²) in [6.45, 7) is 0.549. The molecule has 0 spiro atoms. The van der Waals surface area contributed by atoms with Crippen LogP contribution in [-0.4, -0.2) is 58.6 Å². The maximum absolute atomic E-state index is 12.7. The molecule has 2 fully saturated rings. The molecule has 0 saturated heterocycles. The summed E-state index contributed by atoms with van der Waals surface area (Å²) in [6.07, 6.45) is 6.10. The van der Waals surface area contributed by atoms with Crippen LogP contribution in [-0.2, 0) is 10.0 Å². The first-order chi connectivity index (χ1) is 12.8. The molecule has 0 bridgehead atoms. The Balaban J connectivity index is 1.77. The monoisotopic (exact) mass is 395 g/mol. The molecule has 0 heterocycles.